The van der Waals surface area contributed by atoms with E-state index in [4.69, 9.17) is 4.52 Å². The Morgan fingerprint density at radius 1 is 1.12 bits per heavy atom. The van der Waals surface area contributed by atoms with Gasteiger partial charge in [-0.25, -0.2) is 0 Å². The van der Waals surface area contributed by atoms with Crippen molar-refractivity contribution in [3.63, 3.8) is 0 Å². The van der Waals surface area contributed by atoms with Gasteiger partial charge in [0.1, 0.15) is 0 Å². The van der Waals surface area contributed by atoms with E-state index in [-0.39, 0.29) is 0 Å². The van der Waals surface area contributed by atoms with Gasteiger partial charge in [0.05, 0.1) is 6.54 Å². The molecule has 0 radical (unpaired) electrons. The Morgan fingerprint density at radius 2 is 1.82 bits per heavy atom. The van der Waals surface area contributed by atoms with Crippen molar-refractivity contribution in [3.05, 3.63) is 47.1 Å². The summed E-state index contributed by atoms with van der Waals surface area (Å²) in [6, 6.07) is 8.61. The van der Waals surface area contributed by atoms with Crippen LogP contribution in [0.4, 0.5) is 0 Å². The minimum atomic E-state index is 0.608. The van der Waals surface area contributed by atoms with Crippen molar-refractivity contribution in [1.82, 2.24) is 15.5 Å². The first-order chi connectivity index (χ1) is 8.28. The Bertz CT molecular complexity index is 462. The molecule has 0 aliphatic heterocycles. The highest BCUT2D eigenvalue weighted by Gasteiger charge is 2.01. The molecule has 0 aliphatic rings. The van der Waals surface area contributed by atoms with Crippen LogP contribution in [-0.2, 0) is 19.5 Å². The molecule has 0 saturated heterocycles. The van der Waals surface area contributed by atoms with E-state index in [1.54, 1.807) is 0 Å². The van der Waals surface area contributed by atoms with Gasteiger partial charge in [0.15, 0.2) is 5.82 Å². The molecule has 0 amide bonds. The molecule has 0 atom stereocenters. The molecule has 1 aromatic heterocycles. The molecule has 0 unspecified atom stereocenters. The number of benzene rings is 1. The summed E-state index contributed by atoms with van der Waals surface area (Å²) in [4.78, 5) is 4.13. The third-order valence-electron chi connectivity index (χ3n) is 2.61. The van der Waals surface area contributed by atoms with Gasteiger partial charge >= 0.3 is 0 Å². The van der Waals surface area contributed by atoms with Crippen LogP contribution in [0.1, 0.15) is 29.8 Å². The zero-order valence-corrected chi connectivity index (χ0v) is 10.2. The maximum Gasteiger partial charge on any atom is 0.240 e. The molecule has 1 aromatic carbocycles. The first kappa shape index (κ1) is 11.8. The molecule has 17 heavy (non-hydrogen) atoms. The number of nitrogens with zero attached hydrogens (tertiary/aromatic N) is 2. The van der Waals surface area contributed by atoms with Crippen molar-refractivity contribution in [3.8, 4) is 0 Å². The number of hydrogen-bond donors (Lipinski definition) is 1. The molecule has 0 fully saturated rings. The number of aromatic nitrogens is 2. The molecule has 0 aliphatic carbocycles. The quantitative estimate of drug-likeness (QED) is 0.857. The topological polar surface area (TPSA) is 51.0 Å². The van der Waals surface area contributed by atoms with Crippen LogP contribution in [0.2, 0.25) is 0 Å². The Labute approximate surface area is 101 Å². The van der Waals surface area contributed by atoms with E-state index in [1.807, 2.05) is 6.92 Å². The Kier molecular flexibility index (Phi) is 3.88. The van der Waals surface area contributed by atoms with Crippen LogP contribution in [0.15, 0.2) is 28.8 Å². The summed E-state index contributed by atoms with van der Waals surface area (Å²) in [5.74, 6) is 1.31. The summed E-state index contributed by atoms with van der Waals surface area (Å²) in [5.41, 5.74) is 2.62. The molecule has 1 N–H and O–H groups in total. The van der Waals surface area contributed by atoms with Gasteiger partial charge in [-0.1, -0.05) is 36.3 Å². The van der Waals surface area contributed by atoms with Gasteiger partial charge in [-0.3, -0.25) is 0 Å². The highest BCUT2D eigenvalue weighted by atomic mass is 16.5. The minimum Gasteiger partial charge on any atom is -0.338 e. The van der Waals surface area contributed by atoms with E-state index in [9.17, 15) is 0 Å². The maximum absolute atomic E-state index is 5.02. The fourth-order valence-electron chi connectivity index (χ4n) is 1.62. The normalized spacial score (nSPS) is 10.7. The van der Waals surface area contributed by atoms with E-state index in [2.05, 4.69) is 46.6 Å². The second-order valence-electron chi connectivity index (χ2n) is 4.01. The molecule has 4 heteroatoms. The smallest absolute Gasteiger partial charge is 0.240 e. The third kappa shape index (κ3) is 3.39. The molecule has 2 aromatic rings. The summed E-state index contributed by atoms with van der Waals surface area (Å²) in [7, 11) is 0. The summed E-state index contributed by atoms with van der Waals surface area (Å²) in [6.45, 7) is 5.39. The fraction of sp³-hybridized carbons (Fsp3) is 0.385. The minimum absolute atomic E-state index is 0.608. The van der Waals surface area contributed by atoms with Crippen molar-refractivity contribution < 1.29 is 4.52 Å². The van der Waals surface area contributed by atoms with Crippen LogP contribution in [0.3, 0.4) is 0 Å². The Morgan fingerprint density at radius 3 is 2.41 bits per heavy atom. The lowest BCUT2D eigenvalue weighted by atomic mass is 10.1. The van der Waals surface area contributed by atoms with Crippen LogP contribution in [-0.4, -0.2) is 10.1 Å². The molecule has 0 spiro atoms. The average Bonchev–Trinajstić information content (AvgIpc) is 2.76. The molecule has 90 valence electrons. The Balaban J connectivity index is 1.81. The van der Waals surface area contributed by atoms with Crippen molar-refractivity contribution in [1.29, 1.82) is 0 Å². The van der Waals surface area contributed by atoms with Gasteiger partial charge in [-0.15, -0.1) is 0 Å². The monoisotopic (exact) mass is 231 g/mol. The van der Waals surface area contributed by atoms with Crippen molar-refractivity contribution in [2.45, 2.75) is 33.4 Å². The standard InChI is InChI=1S/C13H17N3O/c1-3-11-4-6-12(7-5-11)8-14-9-13-15-10(2)16-17-13/h4-7,14H,3,8-9H2,1-2H3. The van der Waals surface area contributed by atoms with E-state index in [0.717, 1.165) is 13.0 Å². The van der Waals surface area contributed by atoms with Gasteiger partial charge in [0.2, 0.25) is 5.89 Å². The van der Waals surface area contributed by atoms with Gasteiger partial charge in [-0.2, -0.15) is 4.98 Å². The largest absolute Gasteiger partial charge is 0.338 e. The van der Waals surface area contributed by atoms with Crippen molar-refractivity contribution in [2.24, 2.45) is 0 Å². The maximum atomic E-state index is 5.02. The average molecular weight is 231 g/mol. The third-order valence-corrected chi connectivity index (χ3v) is 2.61. The van der Waals surface area contributed by atoms with Crippen LogP contribution < -0.4 is 5.32 Å². The summed E-state index contributed by atoms with van der Waals surface area (Å²) < 4.78 is 5.02. The summed E-state index contributed by atoms with van der Waals surface area (Å²) in [6.07, 6.45) is 1.08. The SMILES string of the molecule is CCc1ccc(CNCc2nc(C)no2)cc1. The number of aryl methyl sites for hydroxylation is 2. The molecular weight excluding hydrogens is 214 g/mol. The van der Waals surface area contributed by atoms with Gasteiger partial charge < -0.3 is 9.84 Å². The molecule has 2 rings (SSSR count). The lowest BCUT2D eigenvalue weighted by Crippen LogP contribution is -2.12. The molecule has 0 saturated carbocycles. The van der Waals surface area contributed by atoms with E-state index >= 15 is 0 Å². The van der Waals surface area contributed by atoms with E-state index in [0.29, 0.717) is 18.3 Å². The Hall–Kier alpha value is -1.68. The summed E-state index contributed by atoms with van der Waals surface area (Å²) in [5, 5.41) is 7.01. The van der Waals surface area contributed by atoms with Crippen LogP contribution in [0, 0.1) is 6.92 Å². The van der Waals surface area contributed by atoms with Crippen LogP contribution in [0.5, 0.6) is 0 Å². The van der Waals surface area contributed by atoms with Crippen LogP contribution in [0.25, 0.3) is 0 Å². The first-order valence-corrected chi connectivity index (χ1v) is 5.85. The van der Waals surface area contributed by atoms with E-state index < -0.39 is 0 Å². The molecule has 1 heterocycles. The molecular formula is C13H17N3O. The van der Waals surface area contributed by atoms with Crippen molar-refractivity contribution in [2.75, 3.05) is 0 Å². The second kappa shape index (κ2) is 5.59. The first-order valence-electron chi connectivity index (χ1n) is 5.85. The predicted molar refractivity (Wildman–Crippen MR) is 65.4 cm³/mol. The van der Waals surface area contributed by atoms with E-state index in [1.165, 1.54) is 11.1 Å². The van der Waals surface area contributed by atoms with Crippen molar-refractivity contribution >= 4 is 0 Å². The molecule has 0 bridgehead atoms. The zero-order chi connectivity index (χ0) is 12.1. The summed E-state index contributed by atoms with van der Waals surface area (Å²) >= 11 is 0. The predicted octanol–water partition coefficient (Wildman–Crippen LogP) is 2.23. The van der Waals surface area contributed by atoms with Gasteiger partial charge in [0, 0.05) is 6.54 Å². The fourth-order valence-corrected chi connectivity index (χ4v) is 1.62. The lowest BCUT2D eigenvalue weighted by Gasteiger charge is -2.03. The number of nitrogens with one attached hydrogen (secondary N) is 1. The molecule has 4 nitrogen and oxygen atoms in total. The number of hydrogen-bond acceptors (Lipinski definition) is 4. The van der Waals surface area contributed by atoms with Gasteiger partial charge in [-0.05, 0) is 24.5 Å². The second-order valence-corrected chi connectivity index (χ2v) is 4.01. The number of rotatable bonds is 5. The zero-order valence-electron chi connectivity index (χ0n) is 10.2. The highest BCUT2D eigenvalue weighted by Crippen LogP contribution is 2.05. The lowest BCUT2D eigenvalue weighted by molar-refractivity contribution is 0.364. The highest BCUT2D eigenvalue weighted by molar-refractivity contribution is 5.22. The van der Waals surface area contributed by atoms with Gasteiger partial charge in [0.25, 0.3) is 0 Å². The van der Waals surface area contributed by atoms with Crippen LogP contribution >= 0.6 is 0 Å².